The van der Waals surface area contributed by atoms with E-state index in [1.54, 1.807) is 0 Å². The molecular formula is C11H17N3O4. The van der Waals surface area contributed by atoms with E-state index in [0.29, 0.717) is 13.0 Å². The van der Waals surface area contributed by atoms with Crippen molar-refractivity contribution in [3.63, 3.8) is 0 Å². The highest BCUT2D eigenvalue weighted by Crippen LogP contribution is 2.18. The third-order valence-electron chi connectivity index (χ3n) is 2.99. The second-order valence-electron chi connectivity index (χ2n) is 4.46. The molecular weight excluding hydrogens is 238 g/mol. The summed E-state index contributed by atoms with van der Waals surface area (Å²) in [6.45, 7) is 1.27. The molecule has 2 unspecified atom stereocenters. The molecule has 2 atom stereocenters. The fourth-order valence-electron chi connectivity index (χ4n) is 2.06. The van der Waals surface area contributed by atoms with Crippen LogP contribution in [0.2, 0.25) is 0 Å². The van der Waals surface area contributed by atoms with E-state index >= 15 is 0 Å². The van der Waals surface area contributed by atoms with Gasteiger partial charge in [0, 0.05) is 31.8 Å². The molecule has 1 fully saturated rings. The Kier molecular flexibility index (Phi) is 3.95. The number of aromatic nitrogens is 2. The lowest BCUT2D eigenvalue weighted by atomic mass is 10.3. The lowest BCUT2D eigenvalue weighted by molar-refractivity contribution is -0.0695. The maximum absolute atomic E-state index is 11.7. The summed E-state index contributed by atoms with van der Waals surface area (Å²) in [7, 11) is 1.93. The summed E-state index contributed by atoms with van der Waals surface area (Å²) < 4.78 is 7.04. The molecule has 2 heterocycles. The van der Waals surface area contributed by atoms with E-state index in [2.05, 4.69) is 4.98 Å². The Bertz CT molecular complexity index is 510. The zero-order valence-electron chi connectivity index (χ0n) is 10.2. The quantitative estimate of drug-likeness (QED) is 0.689. The summed E-state index contributed by atoms with van der Waals surface area (Å²) in [5.74, 6) is 0. The van der Waals surface area contributed by atoms with Crippen LogP contribution in [0.5, 0.6) is 0 Å². The molecule has 0 aliphatic carbocycles. The molecule has 18 heavy (non-hydrogen) atoms. The third kappa shape index (κ3) is 2.87. The summed E-state index contributed by atoms with van der Waals surface area (Å²) >= 11 is 0. The first-order chi connectivity index (χ1) is 8.60. The Labute approximate surface area is 104 Å². The van der Waals surface area contributed by atoms with Gasteiger partial charge in [-0.3, -0.25) is 14.3 Å². The van der Waals surface area contributed by atoms with Gasteiger partial charge >= 0.3 is 5.69 Å². The fourth-order valence-corrected chi connectivity index (χ4v) is 2.06. The van der Waals surface area contributed by atoms with Gasteiger partial charge in [-0.1, -0.05) is 0 Å². The standard InChI is InChI=1S/C11H17N3O4/c1-13-4-3-10(18-8(6-13)7-15)14-5-2-9(16)12-11(14)17/h2,5,8,10,15H,3-4,6-7H2,1H3,(H,12,16,17). The molecule has 0 spiro atoms. The minimum absolute atomic E-state index is 0.0983. The van der Waals surface area contributed by atoms with Crippen LogP contribution < -0.4 is 11.2 Å². The van der Waals surface area contributed by atoms with Crippen LogP contribution in [0.25, 0.3) is 0 Å². The van der Waals surface area contributed by atoms with Crippen LogP contribution >= 0.6 is 0 Å². The zero-order chi connectivity index (χ0) is 13.1. The number of hydrogen-bond donors (Lipinski definition) is 2. The molecule has 2 N–H and O–H groups in total. The van der Waals surface area contributed by atoms with E-state index in [1.807, 2.05) is 11.9 Å². The maximum atomic E-state index is 11.7. The average Bonchev–Trinajstić information content (AvgIpc) is 2.51. The molecule has 0 radical (unpaired) electrons. The average molecular weight is 255 g/mol. The number of hydrogen-bond acceptors (Lipinski definition) is 5. The number of aliphatic hydroxyl groups excluding tert-OH is 1. The Balaban J connectivity index is 2.26. The van der Waals surface area contributed by atoms with Gasteiger partial charge in [-0.25, -0.2) is 4.79 Å². The number of nitrogens with one attached hydrogen (secondary N) is 1. The van der Waals surface area contributed by atoms with Crippen molar-refractivity contribution in [2.75, 3.05) is 26.7 Å². The number of likely N-dealkylation sites (N-methyl/N-ethyl adjacent to an activating group) is 1. The van der Waals surface area contributed by atoms with E-state index < -0.39 is 17.5 Å². The van der Waals surface area contributed by atoms with Crippen LogP contribution in [-0.4, -0.2) is 52.4 Å². The number of aromatic amines is 1. The Morgan fingerprint density at radius 3 is 3.00 bits per heavy atom. The van der Waals surface area contributed by atoms with E-state index in [1.165, 1.54) is 16.8 Å². The summed E-state index contributed by atoms with van der Waals surface area (Å²) in [4.78, 5) is 26.9. The Morgan fingerprint density at radius 1 is 1.56 bits per heavy atom. The highest BCUT2D eigenvalue weighted by molar-refractivity contribution is 4.85. The van der Waals surface area contributed by atoms with Gasteiger partial charge in [-0.05, 0) is 7.05 Å². The molecule has 0 aromatic carbocycles. The van der Waals surface area contributed by atoms with Gasteiger partial charge in [-0.15, -0.1) is 0 Å². The first-order valence-corrected chi connectivity index (χ1v) is 5.86. The summed E-state index contributed by atoms with van der Waals surface area (Å²) in [5.41, 5.74) is -0.922. The SMILES string of the molecule is CN1CCC(n2ccc(=O)[nH]c2=O)OC(CO)C1. The van der Waals surface area contributed by atoms with Crippen molar-refractivity contribution in [1.82, 2.24) is 14.5 Å². The first-order valence-electron chi connectivity index (χ1n) is 5.86. The molecule has 1 aliphatic heterocycles. The second-order valence-corrected chi connectivity index (χ2v) is 4.46. The molecule has 1 aromatic rings. The molecule has 2 rings (SSSR count). The molecule has 1 aromatic heterocycles. The lowest BCUT2D eigenvalue weighted by Gasteiger charge is -2.21. The van der Waals surface area contributed by atoms with Gasteiger partial charge in [-0.2, -0.15) is 0 Å². The zero-order valence-corrected chi connectivity index (χ0v) is 10.2. The third-order valence-corrected chi connectivity index (χ3v) is 2.99. The smallest absolute Gasteiger partial charge is 0.330 e. The summed E-state index contributed by atoms with van der Waals surface area (Å²) in [6.07, 6.45) is 1.25. The van der Waals surface area contributed by atoms with Gasteiger partial charge < -0.3 is 14.7 Å². The van der Waals surface area contributed by atoms with Crippen LogP contribution in [0.4, 0.5) is 0 Å². The summed E-state index contributed by atoms with van der Waals surface area (Å²) in [5, 5.41) is 9.22. The number of rotatable bonds is 2. The van der Waals surface area contributed by atoms with E-state index in [4.69, 9.17) is 4.74 Å². The minimum Gasteiger partial charge on any atom is -0.394 e. The van der Waals surface area contributed by atoms with Crippen LogP contribution in [0.15, 0.2) is 21.9 Å². The number of aliphatic hydroxyl groups is 1. The highest BCUT2D eigenvalue weighted by atomic mass is 16.5. The second kappa shape index (κ2) is 5.47. The van der Waals surface area contributed by atoms with Crippen molar-refractivity contribution in [3.8, 4) is 0 Å². The molecule has 1 saturated heterocycles. The van der Waals surface area contributed by atoms with E-state index in [-0.39, 0.29) is 12.7 Å². The van der Waals surface area contributed by atoms with Crippen LogP contribution in [0.3, 0.4) is 0 Å². The molecule has 100 valence electrons. The first kappa shape index (κ1) is 13.0. The Hall–Kier alpha value is -1.44. The van der Waals surface area contributed by atoms with Crippen molar-refractivity contribution >= 4 is 0 Å². The van der Waals surface area contributed by atoms with Gasteiger partial charge in [0.25, 0.3) is 5.56 Å². The normalized spacial score (nSPS) is 25.9. The van der Waals surface area contributed by atoms with Crippen LogP contribution in [-0.2, 0) is 4.74 Å². The van der Waals surface area contributed by atoms with Crippen molar-refractivity contribution in [3.05, 3.63) is 33.1 Å². The van der Waals surface area contributed by atoms with Crippen molar-refractivity contribution in [1.29, 1.82) is 0 Å². The largest absolute Gasteiger partial charge is 0.394 e. The van der Waals surface area contributed by atoms with Gasteiger partial charge in [0.1, 0.15) is 6.23 Å². The monoisotopic (exact) mass is 255 g/mol. The van der Waals surface area contributed by atoms with Crippen LogP contribution in [0.1, 0.15) is 12.6 Å². The maximum Gasteiger partial charge on any atom is 0.330 e. The van der Waals surface area contributed by atoms with E-state index in [0.717, 1.165) is 6.54 Å². The highest BCUT2D eigenvalue weighted by Gasteiger charge is 2.24. The topological polar surface area (TPSA) is 87.6 Å². The minimum atomic E-state index is -0.492. The lowest BCUT2D eigenvalue weighted by Crippen LogP contribution is -2.35. The molecule has 0 bridgehead atoms. The number of H-pyrrole nitrogens is 1. The molecule has 7 nitrogen and oxygen atoms in total. The Morgan fingerprint density at radius 2 is 2.33 bits per heavy atom. The fraction of sp³-hybridized carbons (Fsp3) is 0.636. The van der Waals surface area contributed by atoms with Crippen LogP contribution in [0, 0.1) is 0 Å². The molecule has 1 aliphatic rings. The van der Waals surface area contributed by atoms with Crippen molar-refractivity contribution < 1.29 is 9.84 Å². The predicted molar refractivity (Wildman–Crippen MR) is 64.4 cm³/mol. The van der Waals surface area contributed by atoms with Gasteiger partial charge in [0.05, 0.1) is 12.7 Å². The molecule has 0 saturated carbocycles. The van der Waals surface area contributed by atoms with Crippen molar-refractivity contribution in [2.45, 2.75) is 18.8 Å². The summed E-state index contributed by atoms with van der Waals surface area (Å²) in [6, 6.07) is 1.29. The van der Waals surface area contributed by atoms with Gasteiger partial charge in [0.15, 0.2) is 0 Å². The van der Waals surface area contributed by atoms with Gasteiger partial charge in [0.2, 0.25) is 0 Å². The molecule has 7 heteroatoms. The number of ether oxygens (including phenoxy) is 1. The van der Waals surface area contributed by atoms with E-state index in [9.17, 15) is 14.7 Å². The number of nitrogens with zero attached hydrogens (tertiary/aromatic N) is 2. The molecule has 0 amide bonds. The van der Waals surface area contributed by atoms with Crippen molar-refractivity contribution in [2.24, 2.45) is 0 Å². The predicted octanol–water partition coefficient (Wildman–Crippen LogP) is -1.25.